The molecule has 1 heterocycles. The fourth-order valence-electron chi connectivity index (χ4n) is 1.62. The monoisotopic (exact) mass is 206 g/mol. The summed E-state index contributed by atoms with van der Waals surface area (Å²) in [5.74, 6) is 0.632. The third kappa shape index (κ3) is 2.65. The number of hydrogen-bond donors (Lipinski definition) is 1. The van der Waals surface area contributed by atoms with Gasteiger partial charge in [-0.15, -0.1) is 0 Å². The summed E-state index contributed by atoms with van der Waals surface area (Å²) in [6.07, 6.45) is 0.753. The molecule has 2 atom stereocenters. The summed E-state index contributed by atoms with van der Waals surface area (Å²) in [4.78, 5) is 2.07. The predicted molar refractivity (Wildman–Crippen MR) is 53.3 cm³/mol. The summed E-state index contributed by atoms with van der Waals surface area (Å²) in [5.41, 5.74) is 5.52. The lowest BCUT2D eigenvalue weighted by atomic mass is 10.2. The van der Waals surface area contributed by atoms with E-state index in [0.717, 1.165) is 6.42 Å². The molecule has 0 aromatic rings. The Morgan fingerprint density at radius 2 is 2.23 bits per heavy atom. The molecule has 78 valence electrons. The molecule has 2 N–H and O–H groups in total. The first-order valence-electron chi connectivity index (χ1n) is 4.58. The van der Waals surface area contributed by atoms with Gasteiger partial charge in [-0.2, -0.15) is 0 Å². The van der Waals surface area contributed by atoms with E-state index >= 15 is 0 Å². The van der Waals surface area contributed by atoms with Crippen LogP contribution in [0.2, 0.25) is 0 Å². The van der Waals surface area contributed by atoms with Gasteiger partial charge in [-0.3, -0.25) is 4.90 Å². The van der Waals surface area contributed by atoms with E-state index in [4.69, 9.17) is 5.73 Å². The van der Waals surface area contributed by atoms with Crippen molar-refractivity contribution in [2.24, 2.45) is 5.73 Å². The molecule has 0 radical (unpaired) electrons. The standard InChI is InChI=1S/C8H18N2O2S/c1-7(5-9)10(2)8-3-4-13(11,12)6-8/h7-8H,3-6,9H2,1-2H3/t7-,8?/m0/s1. The van der Waals surface area contributed by atoms with Gasteiger partial charge in [0.15, 0.2) is 9.84 Å². The Labute approximate surface area is 80.0 Å². The van der Waals surface area contributed by atoms with Gasteiger partial charge in [0.1, 0.15) is 0 Å². The van der Waals surface area contributed by atoms with Crippen LogP contribution in [0.3, 0.4) is 0 Å². The van der Waals surface area contributed by atoms with Crippen LogP contribution in [0.1, 0.15) is 13.3 Å². The van der Waals surface area contributed by atoms with Gasteiger partial charge in [-0.1, -0.05) is 0 Å². The maximum atomic E-state index is 11.2. The molecule has 0 saturated carbocycles. The minimum absolute atomic E-state index is 0.170. The van der Waals surface area contributed by atoms with Crippen LogP contribution in [0.25, 0.3) is 0 Å². The molecule has 1 aliphatic heterocycles. The first-order chi connectivity index (χ1) is 5.96. The van der Waals surface area contributed by atoms with E-state index in [-0.39, 0.29) is 12.1 Å². The van der Waals surface area contributed by atoms with Gasteiger partial charge in [0.2, 0.25) is 0 Å². The largest absolute Gasteiger partial charge is 0.329 e. The molecular formula is C8H18N2O2S. The van der Waals surface area contributed by atoms with Crippen LogP contribution in [0.5, 0.6) is 0 Å². The summed E-state index contributed by atoms with van der Waals surface area (Å²) in [7, 11) is -0.817. The van der Waals surface area contributed by atoms with E-state index < -0.39 is 9.84 Å². The van der Waals surface area contributed by atoms with Crippen LogP contribution < -0.4 is 5.73 Å². The molecule has 1 aliphatic rings. The Balaban J connectivity index is 2.56. The maximum Gasteiger partial charge on any atom is 0.151 e. The van der Waals surface area contributed by atoms with Crippen molar-refractivity contribution in [3.05, 3.63) is 0 Å². The van der Waals surface area contributed by atoms with Crippen LogP contribution in [0.15, 0.2) is 0 Å². The Morgan fingerprint density at radius 3 is 2.62 bits per heavy atom. The zero-order chi connectivity index (χ0) is 10.1. The van der Waals surface area contributed by atoms with Gasteiger partial charge in [0.25, 0.3) is 0 Å². The molecule has 0 amide bonds. The van der Waals surface area contributed by atoms with E-state index in [9.17, 15) is 8.42 Å². The lowest BCUT2D eigenvalue weighted by Gasteiger charge is -2.28. The van der Waals surface area contributed by atoms with Crippen molar-refractivity contribution in [3.8, 4) is 0 Å². The van der Waals surface area contributed by atoms with Gasteiger partial charge >= 0.3 is 0 Å². The number of hydrogen-bond acceptors (Lipinski definition) is 4. The topological polar surface area (TPSA) is 63.4 Å². The third-order valence-corrected chi connectivity index (χ3v) is 4.57. The fourth-order valence-corrected chi connectivity index (χ4v) is 3.41. The van der Waals surface area contributed by atoms with Crippen molar-refractivity contribution in [2.75, 3.05) is 25.1 Å². The van der Waals surface area contributed by atoms with Gasteiger partial charge in [-0.05, 0) is 20.4 Å². The normalized spacial score (nSPS) is 29.4. The Kier molecular flexibility index (Phi) is 3.32. The molecule has 1 fully saturated rings. The van der Waals surface area contributed by atoms with Crippen molar-refractivity contribution in [1.29, 1.82) is 0 Å². The van der Waals surface area contributed by atoms with Crippen LogP contribution in [0.4, 0.5) is 0 Å². The summed E-state index contributed by atoms with van der Waals surface area (Å²) < 4.78 is 22.4. The molecular weight excluding hydrogens is 188 g/mol. The van der Waals surface area contributed by atoms with Crippen LogP contribution in [0, 0.1) is 0 Å². The SMILES string of the molecule is C[C@@H](CN)N(C)C1CCS(=O)(=O)C1. The lowest BCUT2D eigenvalue weighted by Crippen LogP contribution is -2.43. The lowest BCUT2D eigenvalue weighted by molar-refractivity contribution is 0.204. The van der Waals surface area contributed by atoms with E-state index in [1.54, 1.807) is 0 Å². The van der Waals surface area contributed by atoms with E-state index in [0.29, 0.717) is 18.1 Å². The minimum atomic E-state index is -2.76. The van der Waals surface area contributed by atoms with Crippen LogP contribution in [-0.2, 0) is 9.84 Å². The second-order valence-corrected chi connectivity index (χ2v) is 6.04. The first kappa shape index (κ1) is 10.9. The van der Waals surface area contributed by atoms with Crippen molar-refractivity contribution in [1.82, 2.24) is 4.90 Å². The van der Waals surface area contributed by atoms with Crippen LogP contribution in [-0.4, -0.2) is 50.5 Å². The van der Waals surface area contributed by atoms with Gasteiger partial charge in [0.05, 0.1) is 11.5 Å². The highest BCUT2D eigenvalue weighted by Gasteiger charge is 2.31. The molecule has 13 heavy (non-hydrogen) atoms. The van der Waals surface area contributed by atoms with Gasteiger partial charge < -0.3 is 5.73 Å². The molecule has 4 nitrogen and oxygen atoms in total. The number of likely N-dealkylation sites (N-methyl/N-ethyl adjacent to an activating group) is 1. The van der Waals surface area contributed by atoms with Gasteiger partial charge in [0, 0.05) is 18.6 Å². The number of rotatable bonds is 3. The van der Waals surface area contributed by atoms with E-state index in [1.165, 1.54) is 0 Å². The molecule has 5 heteroatoms. The number of nitrogens with zero attached hydrogens (tertiary/aromatic N) is 1. The molecule has 1 unspecified atom stereocenters. The Hall–Kier alpha value is -0.130. The summed E-state index contributed by atoms with van der Waals surface area (Å²) in [5, 5.41) is 0. The summed E-state index contributed by atoms with van der Waals surface area (Å²) in [6, 6.07) is 0.432. The predicted octanol–water partition coefficient (Wildman–Crippen LogP) is -0.547. The van der Waals surface area contributed by atoms with Crippen LogP contribution >= 0.6 is 0 Å². The summed E-state index contributed by atoms with van der Waals surface area (Å²) >= 11 is 0. The minimum Gasteiger partial charge on any atom is -0.329 e. The highest BCUT2D eigenvalue weighted by Crippen LogP contribution is 2.17. The Morgan fingerprint density at radius 1 is 1.62 bits per heavy atom. The molecule has 0 aliphatic carbocycles. The average Bonchev–Trinajstić information content (AvgIpc) is 2.43. The molecule has 0 aromatic heterocycles. The quantitative estimate of drug-likeness (QED) is 0.673. The fraction of sp³-hybridized carbons (Fsp3) is 1.00. The molecule has 0 aromatic carbocycles. The molecule has 1 saturated heterocycles. The summed E-state index contributed by atoms with van der Waals surface area (Å²) in [6.45, 7) is 2.60. The smallest absolute Gasteiger partial charge is 0.151 e. The number of nitrogens with two attached hydrogens (primary N) is 1. The van der Waals surface area contributed by atoms with E-state index in [1.807, 2.05) is 14.0 Å². The van der Waals surface area contributed by atoms with Crippen molar-refractivity contribution < 1.29 is 8.42 Å². The third-order valence-electron chi connectivity index (χ3n) is 2.82. The number of sulfone groups is 1. The second-order valence-electron chi connectivity index (χ2n) is 3.81. The highest BCUT2D eigenvalue weighted by atomic mass is 32.2. The second kappa shape index (κ2) is 3.94. The molecule has 0 spiro atoms. The highest BCUT2D eigenvalue weighted by molar-refractivity contribution is 7.91. The first-order valence-corrected chi connectivity index (χ1v) is 6.41. The molecule has 1 rings (SSSR count). The van der Waals surface area contributed by atoms with Crippen molar-refractivity contribution in [3.63, 3.8) is 0 Å². The van der Waals surface area contributed by atoms with Crippen molar-refractivity contribution >= 4 is 9.84 Å². The zero-order valence-corrected chi connectivity index (χ0v) is 9.05. The molecule has 0 bridgehead atoms. The zero-order valence-electron chi connectivity index (χ0n) is 8.23. The van der Waals surface area contributed by atoms with Crippen molar-refractivity contribution in [2.45, 2.75) is 25.4 Å². The maximum absolute atomic E-state index is 11.2. The average molecular weight is 206 g/mol. The Bertz CT molecular complexity index is 263. The van der Waals surface area contributed by atoms with Gasteiger partial charge in [-0.25, -0.2) is 8.42 Å². The van der Waals surface area contributed by atoms with E-state index in [2.05, 4.69) is 4.90 Å².